The number of hydrogen-bond donors (Lipinski definition) is 0. The summed E-state index contributed by atoms with van der Waals surface area (Å²) in [4.78, 5) is 14.3. The fraction of sp³-hybridized carbons (Fsp3) is 0. The molecule has 0 atom stereocenters. The second kappa shape index (κ2) is 10.5. The molecule has 10 rings (SSSR count). The van der Waals surface area contributed by atoms with Gasteiger partial charge in [-0.25, -0.2) is 15.0 Å². The lowest BCUT2D eigenvalue weighted by Gasteiger charge is -2.08. The van der Waals surface area contributed by atoms with Crippen molar-refractivity contribution in [3.8, 4) is 45.3 Å². The highest BCUT2D eigenvalue weighted by atomic mass is 16.3. The van der Waals surface area contributed by atoms with Gasteiger partial charge >= 0.3 is 0 Å². The maximum absolute atomic E-state index is 9.38. The van der Waals surface area contributed by atoms with Crippen LogP contribution in [-0.4, -0.2) is 15.0 Å². The first kappa shape index (κ1) is 19.2. The van der Waals surface area contributed by atoms with Gasteiger partial charge < -0.3 is 8.83 Å². The molecular weight excluding hydrogens is 590 g/mol. The van der Waals surface area contributed by atoms with E-state index in [1.54, 1.807) is 0 Å². The van der Waals surface area contributed by atoms with Crippen molar-refractivity contribution in [1.29, 1.82) is 0 Å². The van der Waals surface area contributed by atoms with Crippen LogP contribution in [-0.2, 0) is 0 Å². The molecule has 48 heavy (non-hydrogen) atoms. The molecule has 0 spiro atoms. The van der Waals surface area contributed by atoms with E-state index in [1.807, 2.05) is 78.9 Å². The summed E-state index contributed by atoms with van der Waals surface area (Å²) in [5.74, 6) is 0.383. The van der Waals surface area contributed by atoms with Gasteiger partial charge in [0.2, 0.25) is 0 Å². The van der Waals surface area contributed by atoms with Crippen molar-refractivity contribution < 1.29 is 21.2 Å². The third kappa shape index (κ3) is 4.29. The number of rotatable bonds is 4. The number of fused-ring (bicyclic) bond motifs is 8. The van der Waals surface area contributed by atoms with Crippen LogP contribution in [0.1, 0.15) is 12.3 Å². The third-order valence-corrected chi connectivity index (χ3v) is 8.41. The van der Waals surface area contributed by atoms with Crippen LogP contribution < -0.4 is 0 Å². The lowest BCUT2D eigenvalue weighted by molar-refractivity contribution is 0.669. The van der Waals surface area contributed by atoms with Crippen molar-refractivity contribution in [3.63, 3.8) is 0 Å². The van der Waals surface area contributed by atoms with Gasteiger partial charge in [-0.2, -0.15) is 0 Å². The number of hydrogen-bond acceptors (Lipinski definition) is 5. The second-order valence-electron chi connectivity index (χ2n) is 11.3. The Kier molecular flexibility index (Phi) is 4.18. The summed E-state index contributed by atoms with van der Waals surface area (Å²) in [6.45, 7) is 0. The van der Waals surface area contributed by atoms with Gasteiger partial charge in [0.1, 0.15) is 22.3 Å². The van der Waals surface area contributed by atoms with E-state index in [4.69, 9.17) is 33.4 Å². The molecule has 0 bridgehead atoms. The number of aromatic nitrogens is 3. The zero-order chi connectivity index (χ0) is 39.4. The summed E-state index contributed by atoms with van der Waals surface area (Å²) in [5.41, 5.74) is 4.11. The monoisotopic (exact) mass is 624 g/mol. The van der Waals surface area contributed by atoms with E-state index in [-0.39, 0.29) is 61.8 Å². The molecule has 0 saturated carbocycles. The van der Waals surface area contributed by atoms with Crippen molar-refractivity contribution in [2.45, 2.75) is 0 Å². The molecule has 5 nitrogen and oxygen atoms in total. The number of furan rings is 2. The summed E-state index contributed by atoms with van der Waals surface area (Å²) in [6, 6.07) is 26.6. The van der Waals surface area contributed by atoms with Crippen LogP contribution in [0.4, 0.5) is 0 Å². The van der Waals surface area contributed by atoms with Crippen molar-refractivity contribution in [2.24, 2.45) is 0 Å². The summed E-state index contributed by atoms with van der Waals surface area (Å²) in [5, 5.41) is 1.28. The van der Waals surface area contributed by atoms with E-state index in [0.717, 1.165) is 21.9 Å². The predicted octanol–water partition coefficient (Wildman–Crippen LogP) is 11.5. The van der Waals surface area contributed by atoms with E-state index in [1.165, 1.54) is 0 Å². The normalized spacial score (nSPS) is 14.4. The Bertz CT molecular complexity index is 3350. The molecule has 0 saturated heterocycles. The van der Waals surface area contributed by atoms with E-state index < -0.39 is 48.3 Å². The van der Waals surface area contributed by atoms with Crippen LogP contribution in [0.3, 0.4) is 0 Å². The van der Waals surface area contributed by atoms with Crippen LogP contribution in [0, 0.1) is 0 Å². The van der Waals surface area contributed by atoms with Gasteiger partial charge in [0.25, 0.3) is 0 Å². The molecule has 3 heterocycles. The molecule has 0 unspecified atom stereocenters. The topological polar surface area (TPSA) is 65.0 Å². The molecule has 0 aliphatic heterocycles. The van der Waals surface area contributed by atoms with Gasteiger partial charge in [-0.3, -0.25) is 0 Å². The minimum atomic E-state index is -0.564. The van der Waals surface area contributed by atoms with Gasteiger partial charge in [-0.1, -0.05) is 109 Å². The molecule has 0 fully saturated rings. The SMILES string of the molecule is [2H]c1c([2H])c([2H])c2c(c1[2H])c([2H])c([2H])c1c2oc2c([2H])c(-c3nc(-c4ccccc4)nc(-c4ccc5c(c4)oc4ccc(-c6ccccc6)cc45)n3)c([2H])c([2H])c21. The highest BCUT2D eigenvalue weighted by molar-refractivity contribution is 6.15. The molecule has 0 amide bonds. The maximum Gasteiger partial charge on any atom is 0.164 e. The Balaban J connectivity index is 1.20. The Hall–Kier alpha value is -6.59. The number of nitrogens with zero attached hydrogens (tertiary/aromatic N) is 3. The lowest BCUT2D eigenvalue weighted by Crippen LogP contribution is -2.00. The highest BCUT2D eigenvalue weighted by Crippen LogP contribution is 2.37. The van der Waals surface area contributed by atoms with E-state index >= 15 is 0 Å². The second-order valence-corrected chi connectivity index (χ2v) is 11.3. The molecule has 224 valence electrons. The first-order valence-corrected chi connectivity index (χ1v) is 15.2. The zero-order valence-electron chi connectivity index (χ0n) is 33.9. The van der Waals surface area contributed by atoms with Crippen LogP contribution in [0.15, 0.2) is 160 Å². The largest absolute Gasteiger partial charge is 0.456 e. The fourth-order valence-corrected chi connectivity index (χ4v) is 6.08. The molecule has 0 aliphatic rings. The van der Waals surface area contributed by atoms with E-state index in [2.05, 4.69) is 18.2 Å². The average molecular weight is 625 g/mol. The Morgan fingerprint density at radius 1 is 0.417 bits per heavy atom. The van der Waals surface area contributed by atoms with Crippen molar-refractivity contribution in [3.05, 3.63) is 151 Å². The van der Waals surface area contributed by atoms with Crippen LogP contribution in [0.5, 0.6) is 0 Å². The lowest BCUT2D eigenvalue weighted by atomic mass is 10.0. The smallest absolute Gasteiger partial charge is 0.164 e. The molecule has 0 N–H and O–H groups in total. The maximum atomic E-state index is 9.38. The Labute approximate surface area is 287 Å². The molecule has 10 aromatic rings. The standard InChI is InChI=1S/C43H25N3O2/c1-3-9-26(10-4-1)29-18-22-37-36(23-29)34-20-17-30(24-38(34)47-37)42-44-41(28-12-5-2-6-13-28)45-43(46-42)31-16-19-33-35-21-15-27-11-7-8-14-32(27)40(35)48-39(33)25-31/h1-25H/i7D,8D,11D,14D,15D,16D,19D,21D,25D. The first-order chi connectivity index (χ1) is 27.5. The van der Waals surface area contributed by atoms with Gasteiger partial charge in [0, 0.05) is 43.6 Å². The van der Waals surface area contributed by atoms with Gasteiger partial charge in [0.05, 0.1) is 12.3 Å². The highest BCUT2D eigenvalue weighted by Gasteiger charge is 2.17. The zero-order valence-corrected chi connectivity index (χ0v) is 24.9. The van der Waals surface area contributed by atoms with Crippen LogP contribution in [0.2, 0.25) is 0 Å². The van der Waals surface area contributed by atoms with Crippen LogP contribution in [0.25, 0.3) is 99.9 Å². The first-order valence-electron chi connectivity index (χ1n) is 19.7. The number of benzene rings is 7. The van der Waals surface area contributed by atoms with Gasteiger partial charge in [-0.15, -0.1) is 0 Å². The summed E-state index contributed by atoms with van der Waals surface area (Å²) >= 11 is 0. The fourth-order valence-electron chi connectivity index (χ4n) is 6.08. The summed E-state index contributed by atoms with van der Waals surface area (Å²) in [6.07, 6.45) is 0. The molecule has 0 aliphatic carbocycles. The molecular formula is C43H25N3O2. The summed E-state index contributed by atoms with van der Waals surface area (Å²) in [7, 11) is 0. The van der Waals surface area contributed by atoms with E-state index in [9.17, 15) is 2.74 Å². The van der Waals surface area contributed by atoms with Crippen molar-refractivity contribution >= 4 is 54.6 Å². The van der Waals surface area contributed by atoms with Crippen LogP contribution >= 0.6 is 0 Å². The Morgan fingerprint density at radius 3 is 1.96 bits per heavy atom. The van der Waals surface area contributed by atoms with Gasteiger partial charge in [0.15, 0.2) is 17.5 Å². The predicted molar refractivity (Wildman–Crippen MR) is 194 cm³/mol. The minimum absolute atomic E-state index is 0.0824. The molecule has 0 radical (unpaired) electrons. The molecule has 7 aromatic carbocycles. The molecule has 3 aromatic heterocycles. The third-order valence-electron chi connectivity index (χ3n) is 8.41. The average Bonchev–Trinajstić information content (AvgIpc) is 3.82. The molecule has 5 heteroatoms. The van der Waals surface area contributed by atoms with Crippen molar-refractivity contribution in [1.82, 2.24) is 15.0 Å². The van der Waals surface area contributed by atoms with Crippen molar-refractivity contribution in [2.75, 3.05) is 0 Å². The van der Waals surface area contributed by atoms with Gasteiger partial charge in [-0.05, 0) is 58.9 Å². The summed E-state index contributed by atoms with van der Waals surface area (Å²) < 4.78 is 91.3. The van der Waals surface area contributed by atoms with E-state index in [0.29, 0.717) is 22.3 Å². The quantitative estimate of drug-likeness (QED) is 0.195. The Morgan fingerprint density at radius 2 is 1.12 bits per heavy atom. The minimum Gasteiger partial charge on any atom is -0.456 e.